The van der Waals surface area contributed by atoms with E-state index < -0.39 is 5.91 Å². The van der Waals surface area contributed by atoms with Crippen LogP contribution in [0.5, 0.6) is 0 Å². The molecule has 1 fully saturated rings. The minimum Gasteiger partial charge on any atom is -0.366 e. The first-order valence-electron chi connectivity index (χ1n) is 8.34. The number of rotatable bonds is 6. The Balaban J connectivity index is 1.68. The molecule has 1 aromatic heterocycles. The lowest BCUT2D eigenvalue weighted by molar-refractivity contribution is -0.119. The van der Waals surface area contributed by atoms with E-state index in [1.165, 1.54) is 10.7 Å². The number of anilines is 1. The number of carbonyl (C=O) groups is 2. The van der Waals surface area contributed by atoms with E-state index in [2.05, 4.69) is 10.00 Å². The number of ketones is 1. The van der Waals surface area contributed by atoms with Crippen LogP contribution in [0, 0.1) is 0 Å². The molecule has 0 radical (unpaired) electrons. The zero-order valence-corrected chi connectivity index (χ0v) is 15.1. The first-order chi connectivity index (χ1) is 12.5. The second-order valence-electron chi connectivity index (χ2n) is 6.06. The number of aromatic nitrogens is 2. The van der Waals surface area contributed by atoms with Gasteiger partial charge in [-0.3, -0.25) is 14.4 Å². The Morgan fingerprint density at radius 2 is 1.77 bits per heavy atom. The van der Waals surface area contributed by atoms with E-state index in [1.54, 1.807) is 30.3 Å². The summed E-state index contributed by atoms with van der Waals surface area (Å²) >= 11 is 1.89. The first-order valence-corrected chi connectivity index (χ1v) is 9.50. The van der Waals surface area contributed by atoms with Gasteiger partial charge in [0, 0.05) is 42.6 Å². The van der Waals surface area contributed by atoms with Gasteiger partial charge in [0.1, 0.15) is 12.4 Å². The second-order valence-corrected chi connectivity index (χ2v) is 7.29. The Morgan fingerprint density at radius 1 is 1.08 bits per heavy atom. The summed E-state index contributed by atoms with van der Waals surface area (Å²) in [6.07, 6.45) is 0.164. The molecule has 26 heavy (non-hydrogen) atoms. The van der Waals surface area contributed by atoms with Crippen molar-refractivity contribution in [3.05, 3.63) is 57.9 Å². The summed E-state index contributed by atoms with van der Waals surface area (Å²) in [5, 5.41) is 4.35. The summed E-state index contributed by atoms with van der Waals surface area (Å²) in [6.45, 7) is 1.69. The first kappa shape index (κ1) is 18.2. The van der Waals surface area contributed by atoms with E-state index in [-0.39, 0.29) is 24.3 Å². The highest BCUT2D eigenvalue weighted by molar-refractivity contribution is 7.99. The third-order valence-electron chi connectivity index (χ3n) is 4.15. The van der Waals surface area contributed by atoms with Gasteiger partial charge >= 0.3 is 0 Å². The van der Waals surface area contributed by atoms with Gasteiger partial charge in [-0.1, -0.05) is 12.1 Å². The van der Waals surface area contributed by atoms with Gasteiger partial charge in [-0.15, -0.1) is 0 Å². The molecule has 1 aliphatic rings. The summed E-state index contributed by atoms with van der Waals surface area (Å²) in [4.78, 5) is 37.6. The third kappa shape index (κ3) is 4.51. The van der Waals surface area contributed by atoms with Crippen molar-refractivity contribution < 1.29 is 9.59 Å². The number of Topliss-reactive ketones (excluding diaryl/α,β-unsaturated/α-hetero) is 1. The summed E-state index contributed by atoms with van der Waals surface area (Å²) in [6, 6.07) is 9.72. The molecular weight excluding hydrogens is 352 g/mol. The third-order valence-corrected chi connectivity index (χ3v) is 5.10. The normalized spacial score (nSPS) is 14.2. The van der Waals surface area contributed by atoms with Crippen molar-refractivity contribution in [2.45, 2.75) is 13.0 Å². The van der Waals surface area contributed by atoms with Crippen LogP contribution in [0.4, 0.5) is 5.82 Å². The number of thioether (sulfide) groups is 1. The van der Waals surface area contributed by atoms with Gasteiger partial charge < -0.3 is 10.6 Å². The summed E-state index contributed by atoms with van der Waals surface area (Å²) < 4.78 is 1.22. The number of carbonyl (C=O) groups excluding carboxylic acids is 2. The molecule has 7 nitrogen and oxygen atoms in total. The maximum atomic E-state index is 12.3. The molecule has 1 saturated heterocycles. The highest BCUT2D eigenvalue weighted by atomic mass is 32.2. The minimum atomic E-state index is -0.508. The molecule has 0 atom stereocenters. The van der Waals surface area contributed by atoms with E-state index in [1.807, 2.05) is 11.8 Å². The lowest BCUT2D eigenvalue weighted by atomic mass is 10.1. The van der Waals surface area contributed by atoms with Crippen molar-refractivity contribution in [2.75, 3.05) is 29.5 Å². The van der Waals surface area contributed by atoms with Gasteiger partial charge in [-0.05, 0) is 23.8 Å². The molecule has 1 aliphatic heterocycles. The molecule has 2 aromatic rings. The zero-order chi connectivity index (χ0) is 18.5. The van der Waals surface area contributed by atoms with Crippen LogP contribution in [-0.2, 0) is 17.8 Å². The second kappa shape index (κ2) is 8.18. The lowest BCUT2D eigenvalue weighted by Gasteiger charge is -2.27. The van der Waals surface area contributed by atoms with E-state index >= 15 is 0 Å². The molecule has 0 spiro atoms. The quantitative estimate of drug-likeness (QED) is 0.802. The number of primary amides is 1. The SMILES string of the molecule is NC(=O)c1ccc(CC(=O)Cn2nc(N3CCSCC3)ccc2=O)cc1. The molecule has 0 saturated carbocycles. The average Bonchev–Trinajstić information content (AvgIpc) is 2.64. The van der Waals surface area contributed by atoms with Gasteiger partial charge in [-0.25, -0.2) is 4.68 Å². The Labute approximate surface area is 155 Å². The van der Waals surface area contributed by atoms with Gasteiger partial charge in [0.15, 0.2) is 5.78 Å². The van der Waals surface area contributed by atoms with Crippen molar-refractivity contribution in [2.24, 2.45) is 5.73 Å². The topological polar surface area (TPSA) is 98.3 Å². The summed E-state index contributed by atoms with van der Waals surface area (Å²) in [5.74, 6) is 2.15. The lowest BCUT2D eigenvalue weighted by Crippen LogP contribution is -2.35. The van der Waals surface area contributed by atoms with Crippen molar-refractivity contribution in [1.82, 2.24) is 9.78 Å². The van der Waals surface area contributed by atoms with Crippen LogP contribution < -0.4 is 16.2 Å². The fraction of sp³-hybridized carbons (Fsp3) is 0.333. The Hall–Kier alpha value is -2.61. The number of hydrogen-bond donors (Lipinski definition) is 1. The zero-order valence-electron chi connectivity index (χ0n) is 14.3. The highest BCUT2D eigenvalue weighted by Gasteiger charge is 2.15. The molecule has 0 unspecified atom stereocenters. The van der Waals surface area contributed by atoms with E-state index in [4.69, 9.17) is 5.73 Å². The minimum absolute atomic E-state index is 0.0766. The maximum absolute atomic E-state index is 12.3. The van der Waals surface area contributed by atoms with E-state index in [9.17, 15) is 14.4 Å². The van der Waals surface area contributed by atoms with E-state index in [0.717, 1.165) is 36.0 Å². The van der Waals surface area contributed by atoms with Crippen LogP contribution in [0.15, 0.2) is 41.2 Å². The number of nitrogens with two attached hydrogens (primary N) is 1. The number of benzene rings is 1. The predicted molar refractivity (Wildman–Crippen MR) is 102 cm³/mol. The van der Waals surface area contributed by atoms with Crippen molar-refractivity contribution in [3.63, 3.8) is 0 Å². The highest BCUT2D eigenvalue weighted by Crippen LogP contribution is 2.15. The molecule has 136 valence electrons. The molecule has 3 rings (SSSR count). The summed E-state index contributed by atoms with van der Waals surface area (Å²) in [7, 11) is 0. The Morgan fingerprint density at radius 3 is 2.42 bits per heavy atom. The van der Waals surface area contributed by atoms with Crippen molar-refractivity contribution >= 4 is 29.3 Å². The summed E-state index contributed by atoms with van der Waals surface area (Å²) in [5.41, 5.74) is 6.06. The largest absolute Gasteiger partial charge is 0.366 e. The molecular formula is C18H20N4O3S. The number of hydrogen-bond acceptors (Lipinski definition) is 6. The average molecular weight is 372 g/mol. The smallest absolute Gasteiger partial charge is 0.267 e. The van der Waals surface area contributed by atoms with Crippen LogP contribution in [0.3, 0.4) is 0 Å². The molecule has 1 amide bonds. The van der Waals surface area contributed by atoms with Gasteiger partial charge in [-0.2, -0.15) is 16.9 Å². The van der Waals surface area contributed by atoms with Crippen LogP contribution in [0.25, 0.3) is 0 Å². The van der Waals surface area contributed by atoms with Crippen molar-refractivity contribution in [1.29, 1.82) is 0 Å². The van der Waals surface area contributed by atoms with Crippen molar-refractivity contribution in [3.8, 4) is 0 Å². The molecule has 1 aromatic carbocycles. The van der Waals surface area contributed by atoms with Crippen LogP contribution in [0.1, 0.15) is 15.9 Å². The monoisotopic (exact) mass is 372 g/mol. The Kier molecular flexibility index (Phi) is 5.72. The fourth-order valence-electron chi connectivity index (χ4n) is 2.75. The number of nitrogens with zero attached hydrogens (tertiary/aromatic N) is 3. The number of amides is 1. The predicted octanol–water partition coefficient (Wildman–Crippen LogP) is 0.707. The van der Waals surface area contributed by atoms with Gasteiger partial charge in [0.05, 0.1) is 0 Å². The maximum Gasteiger partial charge on any atom is 0.267 e. The standard InChI is InChI=1S/C18H20N4O3S/c19-18(25)14-3-1-13(2-4-14)11-15(23)12-22-17(24)6-5-16(20-22)21-7-9-26-10-8-21/h1-6H,7-12H2,(H2,19,25). The molecule has 8 heteroatoms. The van der Waals surface area contributed by atoms with Crippen LogP contribution in [0.2, 0.25) is 0 Å². The molecule has 0 bridgehead atoms. The van der Waals surface area contributed by atoms with E-state index in [0.29, 0.717) is 5.56 Å². The molecule has 2 N–H and O–H groups in total. The van der Waals surface area contributed by atoms with Crippen LogP contribution >= 0.6 is 11.8 Å². The molecule has 2 heterocycles. The molecule has 0 aliphatic carbocycles. The van der Waals surface area contributed by atoms with Gasteiger partial charge in [0.2, 0.25) is 5.91 Å². The van der Waals surface area contributed by atoms with Crippen LogP contribution in [-0.4, -0.2) is 46.1 Å². The van der Waals surface area contributed by atoms with Gasteiger partial charge in [0.25, 0.3) is 5.56 Å². The fourth-order valence-corrected chi connectivity index (χ4v) is 3.65. The Bertz CT molecular complexity index is 857.